The van der Waals surface area contributed by atoms with E-state index in [1.807, 2.05) is 105 Å². The largest absolute Gasteiger partial charge is 0.544 e. The first-order chi connectivity index (χ1) is 55.2. The summed E-state index contributed by atoms with van der Waals surface area (Å²) >= 11 is 0. The number of ketones is 2. The molecule has 0 bridgehead atoms. The van der Waals surface area contributed by atoms with E-state index in [9.17, 15) is 58.7 Å². The monoisotopic (exact) mass is 1650 g/mol. The zero-order valence-corrected chi connectivity index (χ0v) is 71.3. The fraction of sp³-hybridized carbons (Fsp3) is 0.284. The summed E-state index contributed by atoms with van der Waals surface area (Å²) < 4.78 is 148. The van der Waals surface area contributed by atoms with Crippen LogP contribution in [0.3, 0.4) is 0 Å². The lowest BCUT2D eigenvalue weighted by Crippen LogP contribution is -2.29. The summed E-state index contributed by atoms with van der Waals surface area (Å²) in [5.74, 6) is 3.41. The number of carbonyl (C=O) groups excluding carboxylic acids is 4. The molecule has 0 radical (unpaired) electrons. The van der Waals surface area contributed by atoms with Crippen molar-refractivity contribution in [3.8, 4) is 24.2 Å². The predicted octanol–water partition coefficient (Wildman–Crippen LogP) is 27.5. The number of alkyl halides is 9. The molecule has 22 heteroatoms. The third kappa shape index (κ3) is 44.2. The number of furan rings is 3. The first-order valence-corrected chi connectivity index (χ1v) is 44.3. The van der Waals surface area contributed by atoms with Crippen LogP contribution in [0.15, 0.2) is 286 Å². The topological polar surface area (TPSA) is 145 Å². The number of Topliss-reactive ketones (excluding diaryl/α,β-unsaturated/α-hetero) is 2. The summed E-state index contributed by atoms with van der Waals surface area (Å²) in [7, 11) is -1.09. The minimum atomic E-state index is -4.56. The van der Waals surface area contributed by atoms with Gasteiger partial charge in [-0.3, -0.25) is 9.59 Å². The Balaban J connectivity index is 0.000000464. The number of unbranched alkanes of at least 4 members (excludes halogenated alkanes) is 3. The lowest BCUT2D eigenvalue weighted by atomic mass is 9.84. The molecule has 2 unspecified atom stereocenters. The van der Waals surface area contributed by atoms with Crippen molar-refractivity contribution in [2.75, 3.05) is 14.2 Å². The molecular weight excluding hydrogens is 1540 g/mol. The number of esters is 2. The van der Waals surface area contributed by atoms with Crippen LogP contribution in [0.25, 0.3) is 34.8 Å². The molecular formula is C95H107F9O11Si2. The van der Waals surface area contributed by atoms with Crippen LogP contribution in [0, 0.1) is 30.1 Å². The van der Waals surface area contributed by atoms with Gasteiger partial charge in [-0.2, -0.15) is 39.5 Å². The van der Waals surface area contributed by atoms with Gasteiger partial charge in [0, 0.05) is 40.7 Å². The molecule has 624 valence electrons. The van der Waals surface area contributed by atoms with E-state index < -0.39 is 64.7 Å². The van der Waals surface area contributed by atoms with E-state index in [2.05, 4.69) is 92.4 Å². The first-order valence-electron chi connectivity index (χ1n) is 37.5. The maximum Gasteiger partial charge on any atom is 0.413 e. The maximum atomic E-state index is 13.1. The Hall–Kier alpha value is -11.6. The summed E-state index contributed by atoms with van der Waals surface area (Å²) in [4.78, 5) is 46.7. The quantitative estimate of drug-likeness (QED) is 0.00576. The average molecular weight is 1650 g/mol. The smallest absolute Gasteiger partial charge is 0.413 e. The maximum absolute atomic E-state index is 13.1. The Morgan fingerprint density at radius 3 is 1.28 bits per heavy atom. The van der Waals surface area contributed by atoms with Crippen LogP contribution in [0.2, 0.25) is 39.3 Å². The lowest BCUT2D eigenvalue weighted by Gasteiger charge is -2.22. The Bertz CT molecular complexity index is 4610. The molecule has 0 aliphatic carbocycles. The minimum Gasteiger partial charge on any atom is -0.544 e. The number of allylic oxidation sites excluding steroid dienone is 7. The Labute approximate surface area is 686 Å². The van der Waals surface area contributed by atoms with Crippen LogP contribution in [-0.4, -0.2) is 72.9 Å². The van der Waals surface area contributed by atoms with Crippen molar-refractivity contribution in [1.82, 2.24) is 0 Å². The van der Waals surface area contributed by atoms with Crippen LogP contribution in [-0.2, 0) is 27.9 Å². The summed E-state index contributed by atoms with van der Waals surface area (Å²) in [5.41, 5.74) is 10.1. The van der Waals surface area contributed by atoms with Gasteiger partial charge in [-0.15, -0.1) is 12.3 Å². The van der Waals surface area contributed by atoms with E-state index in [4.69, 9.17) is 33.3 Å². The number of benzene rings is 6. The van der Waals surface area contributed by atoms with Gasteiger partial charge in [0.2, 0.25) is 16.6 Å². The van der Waals surface area contributed by atoms with Gasteiger partial charge >= 0.3 is 30.5 Å². The zero-order valence-electron chi connectivity index (χ0n) is 69.3. The molecule has 11 nitrogen and oxygen atoms in total. The highest BCUT2D eigenvalue weighted by atomic mass is 28.4. The van der Waals surface area contributed by atoms with Gasteiger partial charge in [0.15, 0.2) is 11.6 Å². The van der Waals surface area contributed by atoms with Crippen molar-refractivity contribution < 1.29 is 90.3 Å². The van der Waals surface area contributed by atoms with Gasteiger partial charge in [0.05, 0.1) is 62.4 Å². The van der Waals surface area contributed by atoms with E-state index in [1.165, 1.54) is 69.8 Å². The Morgan fingerprint density at radius 2 is 0.897 bits per heavy atom. The molecule has 3 aromatic heterocycles. The van der Waals surface area contributed by atoms with Gasteiger partial charge < -0.3 is 31.6 Å². The second-order valence-electron chi connectivity index (χ2n) is 27.8. The van der Waals surface area contributed by atoms with Crippen molar-refractivity contribution in [3.05, 3.63) is 323 Å². The number of methoxy groups -OCH3 is 2. The van der Waals surface area contributed by atoms with Gasteiger partial charge in [-0.05, 0) is 163 Å². The number of halogens is 9. The SMILES string of the molecule is C#CCCCC.CC#CC(=O)OC.CC(=CC(F)(F)F)c1ccccc1.CC(=Cc1ccccc1)c1ccoc1.CCCCC(C)=CC(C(=O)c1ccccc1)C(F)(F)F.COC(=O)C(C)=C(C)C(C(=O)c1ccoc1)c1ccccc1.C[Si](C)(C)O/C(=C\C(F)(F)F)c1ccccc1.C[Si](C)(C)O/C(=C\c1ccccc1)c1ccoc1. The molecule has 6 aromatic carbocycles. The summed E-state index contributed by atoms with van der Waals surface area (Å²) in [6.45, 7) is 26.4. The Morgan fingerprint density at radius 1 is 0.479 bits per heavy atom. The van der Waals surface area contributed by atoms with Gasteiger partial charge in [-0.1, -0.05) is 232 Å². The summed E-state index contributed by atoms with van der Waals surface area (Å²) in [5, 5.41) is 0. The molecule has 0 saturated heterocycles. The van der Waals surface area contributed by atoms with Crippen LogP contribution in [0.4, 0.5) is 39.5 Å². The number of rotatable bonds is 23. The molecule has 3 heterocycles. The number of carbonyl (C=O) groups is 4. The van der Waals surface area contributed by atoms with Crippen molar-refractivity contribution in [1.29, 1.82) is 0 Å². The van der Waals surface area contributed by atoms with E-state index >= 15 is 0 Å². The third-order valence-corrected chi connectivity index (χ3v) is 17.4. The summed E-state index contributed by atoms with van der Waals surface area (Å²) in [6.07, 6.45) is 13.0. The summed E-state index contributed by atoms with van der Waals surface area (Å²) in [6, 6.07) is 59.8. The molecule has 0 N–H and O–H groups in total. The minimum absolute atomic E-state index is 0.0920. The van der Waals surface area contributed by atoms with E-state index in [-0.39, 0.29) is 28.8 Å². The molecule has 0 fully saturated rings. The molecule has 9 rings (SSSR count). The molecule has 0 amide bonds. The molecule has 0 aliphatic heterocycles. The van der Waals surface area contributed by atoms with Crippen LogP contribution in [0.5, 0.6) is 0 Å². The number of hydrogen-bond acceptors (Lipinski definition) is 11. The van der Waals surface area contributed by atoms with Crippen molar-refractivity contribution >= 4 is 75.0 Å². The Kier molecular flexibility index (Phi) is 46.4. The first kappa shape index (κ1) is 101. The molecule has 0 saturated carbocycles. The van der Waals surface area contributed by atoms with E-state index in [0.29, 0.717) is 45.9 Å². The van der Waals surface area contributed by atoms with Crippen LogP contribution >= 0.6 is 0 Å². The highest BCUT2D eigenvalue weighted by molar-refractivity contribution is 6.71. The highest BCUT2D eigenvalue weighted by Gasteiger charge is 2.43. The van der Waals surface area contributed by atoms with E-state index in [0.717, 1.165) is 53.4 Å². The highest BCUT2D eigenvalue weighted by Crippen LogP contribution is 2.34. The second kappa shape index (κ2) is 53.5. The fourth-order valence-electron chi connectivity index (χ4n) is 9.96. The second-order valence-corrected chi connectivity index (χ2v) is 36.7. The van der Waals surface area contributed by atoms with Crippen LogP contribution < -0.4 is 0 Å². The zero-order chi connectivity index (χ0) is 87.6. The molecule has 0 aliphatic rings. The molecule has 2 atom stereocenters. The lowest BCUT2D eigenvalue weighted by molar-refractivity contribution is -0.149. The van der Waals surface area contributed by atoms with Gasteiger partial charge in [0.1, 0.15) is 30.0 Å². The van der Waals surface area contributed by atoms with E-state index in [1.54, 1.807) is 138 Å². The number of hydrogen-bond donors (Lipinski definition) is 0. The van der Waals surface area contributed by atoms with Crippen molar-refractivity contribution in [3.63, 3.8) is 0 Å². The molecule has 9 aromatic rings. The van der Waals surface area contributed by atoms with Crippen LogP contribution in [0.1, 0.15) is 159 Å². The number of ether oxygens (including phenoxy) is 2. The van der Waals surface area contributed by atoms with Crippen molar-refractivity contribution in [2.45, 2.75) is 158 Å². The standard InChI is InChI=1S/C18H18O4.C16H19F3O.C15H18O2Si.C13H12O.C12H15F3OSi.C10H9F3.C6H10.C5H6O2/c1-12(13(2)18(20)21-3)16(14-7-5-4-6-8-14)17(19)15-9-10-22-11-15;1-3-4-8-12(2)11-14(16(17,18)19)15(20)13-9-6-5-7-10-13;1-18(2,3)17-15(14-9-10-16-12-14)11-13-7-5-4-6-8-13;1-11(13-7-8-14-10-13)9-12-5-3-2-4-6-12;1-17(2,3)16-11(9-12(13,14)15)10-7-5-4-6-8-10;1-8(7-10(11,12)13)9-5-3-2-4-6-9;1-3-5-6-4-2;1-3-4-5(6)7-2/h4-11,16H,1-3H3;5-7,9-11,14H,3-4,8H2,1-2H3;4-12H,1-3H3;2-10H,1H3;4-9H,1-3H3;2-7H,1H3;1H,4-6H2,2H3;1-2H3/b;;15-11-;;11-9-;;;. The normalized spacial score (nSPS) is 12.4. The molecule has 117 heavy (non-hydrogen) atoms. The number of terminal acetylenes is 1. The third-order valence-electron chi connectivity index (χ3n) is 15.7. The predicted molar refractivity (Wildman–Crippen MR) is 457 cm³/mol. The average Bonchev–Trinajstić information content (AvgIpc) is 1.80. The van der Waals surface area contributed by atoms with Gasteiger partial charge in [-0.25, -0.2) is 9.59 Å². The van der Waals surface area contributed by atoms with Crippen molar-refractivity contribution in [2.24, 2.45) is 5.92 Å². The molecule has 0 spiro atoms. The van der Waals surface area contributed by atoms with Gasteiger partial charge in [0.25, 0.3) is 0 Å². The fourth-order valence-corrected chi connectivity index (χ4v) is 11.6.